The lowest BCUT2D eigenvalue weighted by Crippen LogP contribution is -2.28. The molecule has 0 fully saturated rings. The minimum Gasteiger partial charge on any atom is -0.464 e. The molecule has 1 unspecified atom stereocenters. The zero-order valence-corrected chi connectivity index (χ0v) is 11.1. The maximum atomic E-state index is 12.6. The van der Waals surface area contributed by atoms with Crippen LogP contribution in [-0.4, -0.2) is 18.6 Å². The van der Waals surface area contributed by atoms with E-state index in [-0.39, 0.29) is 17.3 Å². The second-order valence-electron chi connectivity index (χ2n) is 3.84. The molecule has 0 radical (unpaired) electrons. The second-order valence-corrected chi connectivity index (χ2v) is 4.28. The van der Waals surface area contributed by atoms with Crippen molar-refractivity contribution >= 4 is 23.3 Å². The van der Waals surface area contributed by atoms with Crippen molar-refractivity contribution in [2.75, 3.05) is 11.9 Å². The van der Waals surface area contributed by atoms with Gasteiger partial charge >= 0.3 is 12.1 Å². The summed E-state index contributed by atoms with van der Waals surface area (Å²) in [5, 5.41) is 2.56. The monoisotopic (exact) mass is 295 g/mol. The number of anilines is 1. The van der Waals surface area contributed by atoms with Crippen LogP contribution in [0.2, 0.25) is 5.02 Å². The van der Waals surface area contributed by atoms with Gasteiger partial charge in [-0.1, -0.05) is 11.6 Å². The molecule has 3 nitrogen and oxygen atoms in total. The standard InChI is InChI=1S/C12H13ClF3NO2/c1-3-19-11(18)7(2)17-10-5-8(12(14,15)16)4-9(13)6-10/h4-7,17H,3H2,1-2H3. The number of carbonyl (C=O) groups is 1. The van der Waals surface area contributed by atoms with Gasteiger partial charge in [0.2, 0.25) is 0 Å². The van der Waals surface area contributed by atoms with Crippen LogP contribution in [0, 0.1) is 0 Å². The van der Waals surface area contributed by atoms with Crippen molar-refractivity contribution in [3.05, 3.63) is 28.8 Å². The van der Waals surface area contributed by atoms with E-state index in [4.69, 9.17) is 16.3 Å². The molecule has 106 valence electrons. The molecule has 0 saturated carbocycles. The average Bonchev–Trinajstić information content (AvgIpc) is 2.27. The number of nitrogens with one attached hydrogen (secondary N) is 1. The van der Waals surface area contributed by atoms with Gasteiger partial charge in [0.05, 0.1) is 12.2 Å². The van der Waals surface area contributed by atoms with Crippen molar-refractivity contribution in [2.24, 2.45) is 0 Å². The maximum absolute atomic E-state index is 12.6. The lowest BCUT2D eigenvalue weighted by atomic mass is 10.2. The molecular weight excluding hydrogens is 283 g/mol. The zero-order chi connectivity index (χ0) is 14.6. The number of ether oxygens (including phenoxy) is 1. The number of esters is 1. The van der Waals surface area contributed by atoms with E-state index in [1.54, 1.807) is 6.92 Å². The molecule has 1 atom stereocenters. The molecule has 1 rings (SSSR count). The summed E-state index contributed by atoms with van der Waals surface area (Å²) in [6.45, 7) is 3.34. The fraction of sp³-hybridized carbons (Fsp3) is 0.417. The van der Waals surface area contributed by atoms with Gasteiger partial charge in [-0.2, -0.15) is 13.2 Å². The third-order valence-corrected chi connectivity index (χ3v) is 2.47. The van der Waals surface area contributed by atoms with Crippen molar-refractivity contribution in [2.45, 2.75) is 26.1 Å². The number of benzene rings is 1. The van der Waals surface area contributed by atoms with Crippen molar-refractivity contribution in [1.29, 1.82) is 0 Å². The Morgan fingerprint density at radius 2 is 2.05 bits per heavy atom. The first-order valence-corrected chi connectivity index (χ1v) is 5.92. The summed E-state index contributed by atoms with van der Waals surface area (Å²) >= 11 is 5.62. The molecule has 0 aliphatic rings. The number of hydrogen-bond donors (Lipinski definition) is 1. The molecule has 1 aromatic rings. The molecule has 0 amide bonds. The van der Waals surface area contributed by atoms with E-state index in [0.717, 1.165) is 12.1 Å². The lowest BCUT2D eigenvalue weighted by Gasteiger charge is -2.16. The summed E-state index contributed by atoms with van der Waals surface area (Å²) in [5.74, 6) is -0.545. The second kappa shape index (κ2) is 6.14. The molecule has 7 heteroatoms. The Kier molecular flexibility index (Phi) is 5.05. The molecule has 1 N–H and O–H groups in total. The zero-order valence-electron chi connectivity index (χ0n) is 10.3. The third-order valence-electron chi connectivity index (χ3n) is 2.25. The SMILES string of the molecule is CCOC(=O)C(C)Nc1cc(Cl)cc(C(F)(F)F)c1. The van der Waals surface area contributed by atoms with Crippen LogP contribution in [0.5, 0.6) is 0 Å². The Morgan fingerprint density at radius 3 is 2.58 bits per heavy atom. The minimum atomic E-state index is -4.49. The van der Waals surface area contributed by atoms with Crippen LogP contribution in [-0.2, 0) is 15.7 Å². The number of rotatable bonds is 4. The average molecular weight is 296 g/mol. The first kappa shape index (κ1) is 15.6. The number of hydrogen-bond acceptors (Lipinski definition) is 3. The molecule has 19 heavy (non-hydrogen) atoms. The fourth-order valence-electron chi connectivity index (χ4n) is 1.41. The van der Waals surface area contributed by atoms with E-state index in [2.05, 4.69) is 5.32 Å². The van der Waals surface area contributed by atoms with Gasteiger partial charge in [-0.3, -0.25) is 0 Å². The first-order chi connectivity index (χ1) is 8.74. The highest BCUT2D eigenvalue weighted by Crippen LogP contribution is 2.33. The van der Waals surface area contributed by atoms with Crippen LogP contribution in [0.1, 0.15) is 19.4 Å². The van der Waals surface area contributed by atoms with Crippen LogP contribution in [0.15, 0.2) is 18.2 Å². The van der Waals surface area contributed by atoms with E-state index in [0.29, 0.717) is 0 Å². The number of alkyl halides is 3. The van der Waals surface area contributed by atoms with Gasteiger partial charge in [0.15, 0.2) is 0 Å². The molecule has 0 aliphatic carbocycles. The summed E-state index contributed by atoms with van der Waals surface area (Å²) in [4.78, 5) is 11.4. The number of carbonyl (C=O) groups excluding carboxylic acids is 1. The summed E-state index contributed by atoms with van der Waals surface area (Å²) in [5.41, 5.74) is -0.765. The molecule has 0 bridgehead atoms. The molecule has 0 aliphatic heterocycles. The van der Waals surface area contributed by atoms with Gasteiger partial charge in [-0.15, -0.1) is 0 Å². The summed E-state index contributed by atoms with van der Waals surface area (Å²) in [6.07, 6.45) is -4.49. The van der Waals surface area contributed by atoms with Gasteiger partial charge < -0.3 is 10.1 Å². The molecule has 0 spiro atoms. The van der Waals surface area contributed by atoms with E-state index in [9.17, 15) is 18.0 Å². The van der Waals surface area contributed by atoms with Gasteiger partial charge in [0, 0.05) is 10.7 Å². The van der Waals surface area contributed by atoms with Crippen LogP contribution < -0.4 is 5.32 Å². The van der Waals surface area contributed by atoms with Gasteiger partial charge in [-0.05, 0) is 32.0 Å². The van der Waals surface area contributed by atoms with Crippen molar-refractivity contribution in [1.82, 2.24) is 0 Å². The van der Waals surface area contributed by atoms with E-state index < -0.39 is 23.8 Å². The van der Waals surface area contributed by atoms with Crippen molar-refractivity contribution in [3.63, 3.8) is 0 Å². The predicted molar refractivity (Wildman–Crippen MR) is 66.2 cm³/mol. The highest BCUT2D eigenvalue weighted by Gasteiger charge is 2.31. The van der Waals surface area contributed by atoms with Crippen LogP contribution in [0.25, 0.3) is 0 Å². The topological polar surface area (TPSA) is 38.3 Å². The Balaban J connectivity index is 2.90. The van der Waals surface area contributed by atoms with Crippen LogP contribution in [0.4, 0.5) is 18.9 Å². The fourth-order valence-corrected chi connectivity index (χ4v) is 1.65. The highest BCUT2D eigenvalue weighted by molar-refractivity contribution is 6.31. The van der Waals surface area contributed by atoms with Crippen LogP contribution in [0.3, 0.4) is 0 Å². The van der Waals surface area contributed by atoms with E-state index >= 15 is 0 Å². The molecular formula is C12H13ClF3NO2. The molecule has 0 aromatic heterocycles. The van der Waals surface area contributed by atoms with E-state index in [1.165, 1.54) is 13.0 Å². The summed E-state index contributed by atoms with van der Waals surface area (Å²) in [6, 6.07) is 2.26. The smallest absolute Gasteiger partial charge is 0.416 e. The Hall–Kier alpha value is -1.43. The maximum Gasteiger partial charge on any atom is 0.416 e. The van der Waals surface area contributed by atoms with Gasteiger partial charge in [0.1, 0.15) is 6.04 Å². The van der Waals surface area contributed by atoms with Gasteiger partial charge in [0.25, 0.3) is 0 Å². The van der Waals surface area contributed by atoms with Crippen LogP contribution >= 0.6 is 11.6 Å². The largest absolute Gasteiger partial charge is 0.464 e. The molecule has 0 saturated heterocycles. The van der Waals surface area contributed by atoms with Crippen molar-refractivity contribution < 1.29 is 22.7 Å². The quantitative estimate of drug-likeness (QED) is 0.860. The Bertz CT molecular complexity index is 463. The third kappa shape index (κ3) is 4.63. The van der Waals surface area contributed by atoms with Crippen molar-refractivity contribution in [3.8, 4) is 0 Å². The normalized spacial score (nSPS) is 12.9. The van der Waals surface area contributed by atoms with E-state index in [1.807, 2.05) is 0 Å². The summed E-state index contributed by atoms with van der Waals surface area (Å²) < 4.78 is 42.5. The number of halogens is 4. The molecule has 0 heterocycles. The first-order valence-electron chi connectivity index (χ1n) is 5.55. The Labute approximate surface area is 113 Å². The lowest BCUT2D eigenvalue weighted by molar-refractivity contribution is -0.143. The predicted octanol–water partition coefficient (Wildman–Crippen LogP) is 3.72. The minimum absolute atomic E-state index is 0.0617. The molecule has 1 aromatic carbocycles. The Morgan fingerprint density at radius 1 is 1.42 bits per heavy atom. The van der Waals surface area contributed by atoms with Gasteiger partial charge in [-0.25, -0.2) is 4.79 Å². The summed E-state index contributed by atoms with van der Waals surface area (Å²) in [7, 11) is 0. The highest BCUT2D eigenvalue weighted by atomic mass is 35.5.